The smallest absolute Gasteiger partial charge is 0.234 e. The standard InChI is InChI=1S/C21H24N2O2S/c1-13-9-14(2)21(15(3)10-13)26-12-20(25)22-18-5-6-19-17(11-18)7-8-23(19)16(4)24/h5-6,9-11H,7-8,12H2,1-4H3,(H,22,25). The maximum Gasteiger partial charge on any atom is 0.234 e. The molecule has 5 heteroatoms. The maximum absolute atomic E-state index is 12.4. The highest BCUT2D eigenvalue weighted by Crippen LogP contribution is 2.31. The van der Waals surface area contributed by atoms with E-state index in [-0.39, 0.29) is 11.8 Å². The van der Waals surface area contributed by atoms with Crippen LogP contribution in [0.25, 0.3) is 0 Å². The van der Waals surface area contributed by atoms with Crippen molar-refractivity contribution in [3.63, 3.8) is 0 Å². The van der Waals surface area contributed by atoms with Crippen LogP contribution >= 0.6 is 11.8 Å². The molecule has 0 bridgehead atoms. The van der Waals surface area contributed by atoms with Gasteiger partial charge in [-0.3, -0.25) is 9.59 Å². The van der Waals surface area contributed by atoms with Gasteiger partial charge in [0.05, 0.1) is 5.75 Å². The molecule has 1 heterocycles. The fourth-order valence-electron chi connectivity index (χ4n) is 3.54. The zero-order valence-corrected chi connectivity index (χ0v) is 16.5. The van der Waals surface area contributed by atoms with Gasteiger partial charge in [-0.15, -0.1) is 11.8 Å². The van der Waals surface area contributed by atoms with Crippen molar-refractivity contribution in [3.8, 4) is 0 Å². The van der Waals surface area contributed by atoms with E-state index in [9.17, 15) is 9.59 Å². The van der Waals surface area contributed by atoms with E-state index in [1.165, 1.54) is 21.6 Å². The Kier molecular flexibility index (Phi) is 5.37. The molecule has 2 aromatic carbocycles. The summed E-state index contributed by atoms with van der Waals surface area (Å²) in [6.45, 7) is 8.55. The highest BCUT2D eigenvalue weighted by Gasteiger charge is 2.22. The molecule has 3 rings (SSSR count). The van der Waals surface area contributed by atoms with Gasteiger partial charge in [-0.1, -0.05) is 17.7 Å². The summed E-state index contributed by atoms with van der Waals surface area (Å²) < 4.78 is 0. The van der Waals surface area contributed by atoms with Crippen LogP contribution in [0.4, 0.5) is 11.4 Å². The Labute approximate surface area is 159 Å². The second-order valence-corrected chi connectivity index (χ2v) is 7.81. The van der Waals surface area contributed by atoms with Crippen LogP contribution < -0.4 is 10.2 Å². The van der Waals surface area contributed by atoms with Crippen molar-refractivity contribution in [2.75, 3.05) is 22.5 Å². The van der Waals surface area contributed by atoms with Gasteiger partial charge in [-0.2, -0.15) is 0 Å². The number of benzene rings is 2. The maximum atomic E-state index is 12.4. The summed E-state index contributed by atoms with van der Waals surface area (Å²) in [5.74, 6) is 0.415. The van der Waals surface area contributed by atoms with Crippen LogP contribution in [0.3, 0.4) is 0 Å². The number of fused-ring (bicyclic) bond motifs is 1. The number of carbonyl (C=O) groups is 2. The molecule has 2 amide bonds. The van der Waals surface area contributed by atoms with Gasteiger partial charge < -0.3 is 10.2 Å². The average molecular weight is 369 g/mol. The van der Waals surface area contributed by atoms with Crippen molar-refractivity contribution >= 4 is 35.0 Å². The fourth-order valence-corrected chi connectivity index (χ4v) is 4.46. The summed E-state index contributed by atoms with van der Waals surface area (Å²) in [6, 6.07) is 10.1. The summed E-state index contributed by atoms with van der Waals surface area (Å²) in [5, 5.41) is 2.97. The molecule has 0 aliphatic carbocycles. The van der Waals surface area contributed by atoms with Crippen molar-refractivity contribution in [1.29, 1.82) is 0 Å². The van der Waals surface area contributed by atoms with Crippen LogP contribution in [0.5, 0.6) is 0 Å². The summed E-state index contributed by atoms with van der Waals surface area (Å²) in [6.07, 6.45) is 0.829. The molecule has 0 fully saturated rings. The van der Waals surface area contributed by atoms with Crippen molar-refractivity contribution in [1.82, 2.24) is 0 Å². The van der Waals surface area contributed by atoms with Crippen LogP contribution in [0.15, 0.2) is 35.2 Å². The third kappa shape index (κ3) is 3.93. The Hall–Kier alpha value is -2.27. The predicted molar refractivity (Wildman–Crippen MR) is 108 cm³/mol. The highest BCUT2D eigenvalue weighted by atomic mass is 32.2. The molecule has 136 valence electrons. The predicted octanol–water partition coefficient (Wildman–Crippen LogP) is 4.25. The number of amides is 2. The number of carbonyl (C=O) groups excluding carboxylic acids is 2. The SMILES string of the molecule is CC(=O)N1CCc2cc(NC(=O)CSc3c(C)cc(C)cc3C)ccc21. The number of aryl methyl sites for hydroxylation is 3. The number of nitrogens with zero attached hydrogens (tertiary/aromatic N) is 1. The van der Waals surface area contributed by atoms with Crippen LogP contribution in [0, 0.1) is 20.8 Å². The lowest BCUT2D eigenvalue weighted by Gasteiger charge is -2.15. The van der Waals surface area contributed by atoms with E-state index >= 15 is 0 Å². The Morgan fingerprint density at radius 1 is 1.12 bits per heavy atom. The van der Waals surface area contributed by atoms with Gasteiger partial charge in [-0.25, -0.2) is 0 Å². The lowest BCUT2D eigenvalue weighted by Crippen LogP contribution is -2.25. The number of hydrogen-bond acceptors (Lipinski definition) is 3. The molecule has 0 aromatic heterocycles. The topological polar surface area (TPSA) is 49.4 Å². The summed E-state index contributed by atoms with van der Waals surface area (Å²) in [7, 11) is 0. The van der Waals surface area contributed by atoms with Gasteiger partial charge in [0.25, 0.3) is 0 Å². The number of rotatable bonds is 4. The summed E-state index contributed by atoms with van der Waals surface area (Å²) in [4.78, 5) is 26.9. The molecule has 0 saturated heterocycles. The Balaban J connectivity index is 1.64. The number of hydrogen-bond donors (Lipinski definition) is 1. The second-order valence-electron chi connectivity index (χ2n) is 6.83. The number of anilines is 2. The molecular weight excluding hydrogens is 344 g/mol. The Bertz CT molecular complexity index is 853. The molecule has 0 unspecified atom stereocenters. The Morgan fingerprint density at radius 2 is 1.81 bits per heavy atom. The molecule has 1 aliphatic rings. The van der Waals surface area contributed by atoms with E-state index < -0.39 is 0 Å². The van der Waals surface area contributed by atoms with Gasteiger partial charge >= 0.3 is 0 Å². The minimum absolute atomic E-state index is 0.0178. The number of thioether (sulfide) groups is 1. The van der Waals surface area contributed by atoms with Crippen molar-refractivity contribution < 1.29 is 9.59 Å². The van der Waals surface area contributed by atoms with E-state index in [0.29, 0.717) is 12.3 Å². The molecule has 4 nitrogen and oxygen atoms in total. The molecule has 0 radical (unpaired) electrons. The van der Waals surface area contributed by atoms with E-state index in [0.717, 1.165) is 23.4 Å². The van der Waals surface area contributed by atoms with Gasteiger partial charge in [0.1, 0.15) is 0 Å². The van der Waals surface area contributed by atoms with Gasteiger partial charge in [0, 0.05) is 29.7 Å². The monoisotopic (exact) mass is 368 g/mol. The highest BCUT2D eigenvalue weighted by molar-refractivity contribution is 8.00. The van der Waals surface area contributed by atoms with Gasteiger partial charge in [0.15, 0.2) is 0 Å². The molecule has 0 saturated carbocycles. The molecule has 2 aromatic rings. The zero-order valence-electron chi connectivity index (χ0n) is 15.7. The van der Waals surface area contributed by atoms with E-state index in [2.05, 4.69) is 38.2 Å². The summed E-state index contributed by atoms with van der Waals surface area (Å²) >= 11 is 1.57. The third-order valence-corrected chi connectivity index (χ3v) is 5.93. The lowest BCUT2D eigenvalue weighted by molar-refractivity contribution is -0.116. The van der Waals surface area contributed by atoms with Crippen LogP contribution in [-0.2, 0) is 16.0 Å². The largest absolute Gasteiger partial charge is 0.325 e. The quantitative estimate of drug-likeness (QED) is 0.821. The minimum Gasteiger partial charge on any atom is -0.325 e. The van der Waals surface area contributed by atoms with Crippen molar-refractivity contribution in [3.05, 3.63) is 52.6 Å². The molecule has 1 N–H and O–H groups in total. The average Bonchev–Trinajstić information content (AvgIpc) is 2.97. The van der Waals surface area contributed by atoms with Crippen molar-refractivity contribution in [2.45, 2.75) is 39.0 Å². The van der Waals surface area contributed by atoms with E-state index in [1.807, 2.05) is 18.2 Å². The first-order valence-electron chi connectivity index (χ1n) is 8.76. The normalized spacial score (nSPS) is 12.8. The van der Waals surface area contributed by atoms with E-state index in [4.69, 9.17) is 0 Å². The lowest BCUT2D eigenvalue weighted by atomic mass is 10.1. The van der Waals surface area contributed by atoms with Gasteiger partial charge in [-0.05, 0) is 62.1 Å². The van der Waals surface area contributed by atoms with Crippen LogP contribution in [-0.4, -0.2) is 24.1 Å². The number of nitrogens with one attached hydrogen (secondary N) is 1. The van der Waals surface area contributed by atoms with Crippen LogP contribution in [0.1, 0.15) is 29.2 Å². The zero-order chi connectivity index (χ0) is 18.8. The molecule has 0 spiro atoms. The minimum atomic E-state index is -0.0178. The Morgan fingerprint density at radius 3 is 2.46 bits per heavy atom. The fraction of sp³-hybridized carbons (Fsp3) is 0.333. The van der Waals surface area contributed by atoms with Crippen LogP contribution in [0.2, 0.25) is 0 Å². The first-order valence-corrected chi connectivity index (χ1v) is 9.75. The third-order valence-electron chi connectivity index (χ3n) is 4.59. The molecule has 1 aliphatic heterocycles. The first-order chi connectivity index (χ1) is 12.3. The van der Waals surface area contributed by atoms with Crippen molar-refractivity contribution in [2.24, 2.45) is 0 Å². The summed E-state index contributed by atoms with van der Waals surface area (Å²) in [5.41, 5.74) is 6.51. The molecule has 26 heavy (non-hydrogen) atoms. The first kappa shape index (κ1) is 18.5. The molecular formula is C21H24N2O2S. The second kappa shape index (κ2) is 7.54. The van der Waals surface area contributed by atoms with Gasteiger partial charge in [0.2, 0.25) is 11.8 Å². The molecule has 0 atom stereocenters. The van der Waals surface area contributed by atoms with E-state index in [1.54, 1.807) is 23.6 Å².